The predicted octanol–water partition coefficient (Wildman–Crippen LogP) is 1.63. The number of nitrogens with zero attached hydrogens (tertiary/aromatic N) is 4. The third-order valence-electron chi connectivity index (χ3n) is 3.23. The molecule has 0 aliphatic rings. The van der Waals surface area contributed by atoms with E-state index in [1.807, 2.05) is 13.8 Å². The second-order valence-corrected chi connectivity index (χ2v) is 4.44. The minimum Gasteiger partial charge on any atom is -0.395 e. The Morgan fingerprint density at radius 3 is 2.50 bits per heavy atom. The number of pyridine rings is 1. The topological polar surface area (TPSA) is 77.0 Å². The van der Waals surface area contributed by atoms with Crippen LogP contribution in [0.15, 0.2) is 24.5 Å². The van der Waals surface area contributed by atoms with Gasteiger partial charge in [-0.1, -0.05) is 6.92 Å². The Morgan fingerprint density at radius 1 is 1.35 bits per heavy atom. The summed E-state index contributed by atoms with van der Waals surface area (Å²) in [5.74, 6) is -0.147. The molecule has 0 bridgehead atoms. The molecule has 0 aromatic carbocycles. The van der Waals surface area contributed by atoms with Crippen molar-refractivity contribution in [1.29, 1.82) is 0 Å². The van der Waals surface area contributed by atoms with Gasteiger partial charge in [-0.25, -0.2) is 0 Å². The van der Waals surface area contributed by atoms with Crippen LogP contribution in [0, 0.1) is 0 Å². The van der Waals surface area contributed by atoms with Crippen molar-refractivity contribution in [1.82, 2.24) is 14.8 Å². The van der Waals surface area contributed by atoms with Crippen molar-refractivity contribution in [2.75, 3.05) is 17.2 Å². The van der Waals surface area contributed by atoms with Crippen LogP contribution >= 0.6 is 0 Å². The van der Waals surface area contributed by atoms with E-state index in [-0.39, 0.29) is 5.91 Å². The van der Waals surface area contributed by atoms with Crippen molar-refractivity contribution < 1.29 is 4.79 Å². The number of carbonyl (C=O) groups excluding carboxylic acids is 1. The van der Waals surface area contributed by atoms with Crippen molar-refractivity contribution in [3.8, 4) is 0 Å². The van der Waals surface area contributed by atoms with Crippen molar-refractivity contribution in [2.24, 2.45) is 7.05 Å². The first kappa shape index (κ1) is 14.0. The number of nitrogen functional groups attached to an aromatic ring is 1. The van der Waals surface area contributed by atoms with Crippen molar-refractivity contribution in [3.63, 3.8) is 0 Å². The maximum Gasteiger partial charge on any atom is 0.278 e. The molecule has 0 spiro atoms. The number of hydrogen-bond acceptors (Lipinski definition) is 4. The molecule has 0 atom stereocenters. The first-order valence-corrected chi connectivity index (χ1v) is 6.63. The van der Waals surface area contributed by atoms with Gasteiger partial charge in [0, 0.05) is 31.7 Å². The predicted molar refractivity (Wildman–Crippen MR) is 78.6 cm³/mol. The number of anilines is 2. The highest BCUT2D eigenvalue weighted by Crippen LogP contribution is 2.22. The Balaban J connectivity index is 2.42. The Kier molecular flexibility index (Phi) is 4.02. The molecule has 0 aliphatic heterocycles. The van der Waals surface area contributed by atoms with Crippen molar-refractivity contribution >= 4 is 17.3 Å². The summed E-state index contributed by atoms with van der Waals surface area (Å²) >= 11 is 0. The summed E-state index contributed by atoms with van der Waals surface area (Å²) in [6.07, 6.45) is 4.03. The summed E-state index contributed by atoms with van der Waals surface area (Å²) in [6, 6.07) is 3.60. The van der Waals surface area contributed by atoms with E-state index in [0.717, 1.165) is 11.4 Å². The van der Waals surface area contributed by atoms with Gasteiger partial charge in [-0.15, -0.1) is 0 Å². The fourth-order valence-corrected chi connectivity index (χ4v) is 2.21. The summed E-state index contributed by atoms with van der Waals surface area (Å²) in [5.41, 5.74) is 8.49. The molecule has 2 aromatic heterocycles. The van der Waals surface area contributed by atoms with E-state index in [4.69, 9.17) is 5.73 Å². The molecule has 0 saturated carbocycles. The number of aromatic nitrogens is 3. The third-order valence-corrected chi connectivity index (χ3v) is 3.23. The monoisotopic (exact) mass is 273 g/mol. The summed E-state index contributed by atoms with van der Waals surface area (Å²) in [6.45, 7) is 4.44. The highest BCUT2D eigenvalue weighted by molar-refractivity contribution is 6.08. The van der Waals surface area contributed by atoms with Crippen LogP contribution in [0.2, 0.25) is 0 Å². The standard InChI is InChI=1S/C14H19N5O/c1-4-11-12(15)13(18(3)17-11)14(20)19(5-2)10-6-8-16-9-7-10/h6-9H,4-5,15H2,1-3H3. The number of rotatable bonds is 4. The zero-order valence-corrected chi connectivity index (χ0v) is 12.0. The molecule has 20 heavy (non-hydrogen) atoms. The number of aryl methyl sites for hydroxylation is 2. The maximum absolute atomic E-state index is 12.7. The van der Waals surface area contributed by atoms with E-state index in [1.54, 1.807) is 41.2 Å². The van der Waals surface area contributed by atoms with E-state index < -0.39 is 0 Å². The lowest BCUT2D eigenvalue weighted by atomic mass is 10.2. The number of carbonyl (C=O) groups is 1. The van der Waals surface area contributed by atoms with E-state index in [1.165, 1.54) is 0 Å². The number of nitrogens with two attached hydrogens (primary N) is 1. The fraction of sp³-hybridized carbons (Fsp3) is 0.357. The zero-order valence-electron chi connectivity index (χ0n) is 12.0. The molecular weight excluding hydrogens is 254 g/mol. The van der Waals surface area contributed by atoms with Crippen LogP contribution in [-0.4, -0.2) is 27.2 Å². The fourth-order valence-electron chi connectivity index (χ4n) is 2.21. The molecule has 0 radical (unpaired) electrons. The lowest BCUT2D eigenvalue weighted by Gasteiger charge is -2.21. The Bertz CT molecular complexity index is 606. The summed E-state index contributed by atoms with van der Waals surface area (Å²) in [4.78, 5) is 18.3. The van der Waals surface area contributed by atoms with E-state index in [2.05, 4.69) is 10.1 Å². The van der Waals surface area contributed by atoms with Crippen LogP contribution in [-0.2, 0) is 13.5 Å². The summed E-state index contributed by atoms with van der Waals surface area (Å²) in [7, 11) is 1.74. The molecule has 2 N–H and O–H groups in total. The second-order valence-electron chi connectivity index (χ2n) is 4.44. The average Bonchev–Trinajstić information content (AvgIpc) is 2.75. The molecule has 2 aromatic rings. The van der Waals surface area contributed by atoms with E-state index >= 15 is 0 Å². The van der Waals surface area contributed by atoms with Gasteiger partial charge in [0.25, 0.3) is 5.91 Å². The quantitative estimate of drug-likeness (QED) is 0.918. The van der Waals surface area contributed by atoms with Gasteiger partial charge in [0.05, 0.1) is 11.4 Å². The number of hydrogen-bond donors (Lipinski definition) is 1. The van der Waals surface area contributed by atoms with Crippen molar-refractivity contribution in [2.45, 2.75) is 20.3 Å². The maximum atomic E-state index is 12.7. The van der Waals surface area contributed by atoms with Crippen LogP contribution in [0.3, 0.4) is 0 Å². The Hall–Kier alpha value is -2.37. The molecule has 2 heterocycles. The van der Waals surface area contributed by atoms with Crippen LogP contribution < -0.4 is 10.6 Å². The molecule has 0 fully saturated rings. The second kappa shape index (κ2) is 5.73. The smallest absolute Gasteiger partial charge is 0.278 e. The highest BCUT2D eigenvalue weighted by atomic mass is 16.2. The van der Waals surface area contributed by atoms with Gasteiger partial charge in [0.1, 0.15) is 5.69 Å². The van der Waals surface area contributed by atoms with Gasteiger partial charge in [-0.2, -0.15) is 5.10 Å². The van der Waals surface area contributed by atoms with Gasteiger partial charge >= 0.3 is 0 Å². The average molecular weight is 273 g/mol. The molecule has 106 valence electrons. The normalized spacial score (nSPS) is 10.6. The van der Waals surface area contributed by atoms with Crippen LogP contribution in [0.1, 0.15) is 30.0 Å². The Labute approximate surface area is 118 Å². The molecule has 0 saturated heterocycles. The van der Waals surface area contributed by atoms with Gasteiger partial charge in [0.15, 0.2) is 0 Å². The number of amides is 1. The largest absolute Gasteiger partial charge is 0.395 e. The summed E-state index contributed by atoms with van der Waals surface area (Å²) < 4.78 is 1.56. The minimum absolute atomic E-state index is 0.147. The molecule has 6 heteroatoms. The molecule has 2 rings (SSSR count). The van der Waals surface area contributed by atoms with Crippen LogP contribution in [0.5, 0.6) is 0 Å². The zero-order chi connectivity index (χ0) is 14.7. The highest BCUT2D eigenvalue weighted by Gasteiger charge is 2.24. The van der Waals surface area contributed by atoms with Gasteiger partial charge in [0.2, 0.25) is 0 Å². The third kappa shape index (κ3) is 2.36. The Morgan fingerprint density at radius 2 is 2.00 bits per heavy atom. The lowest BCUT2D eigenvalue weighted by Crippen LogP contribution is -2.32. The SMILES string of the molecule is CCc1nn(C)c(C(=O)N(CC)c2ccncc2)c1N. The first-order chi connectivity index (χ1) is 9.60. The minimum atomic E-state index is -0.147. The van der Waals surface area contributed by atoms with Crippen LogP contribution in [0.25, 0.3) is 0 Å². The van der Waals surface area contributed by atoms with Gasteiger partial charge in [-0.3, -0.25) is 14.5 Å². The molecule has 0 aliphatic carbocycles. The molecule has 0 unspecified atom stereocenters. The van der Waals surface area contributed by atoms with E-state index in [9.17, 15) is 4.79 Å². The molecule has 1 amide bonds. The van der Waals surface area contributed by atoms with Crippen molar-refractivity contribution in [3.05, 3.63) is 35.9 Å². The van der Waals surface area contributed by atoms with Crippen LogP contribution in [0.4, 0.5) is 11.4 Å². The first-order valence-electron chi connectivity index (χ1n) is 6.63. The molecular formula is C14H19N5O. The van der Waals surface area contributed by atoms with E-state index in [0.29, 0.717) is 24.3 Å². The van der Waals surface area contributed by atoms with Gasteiger partial charge < -0.3 is 10.6 Å². The lowest BCUT2D eigenvalue weighted by molar-refractivity contribution is 0.0980. The van der Waals surface area contributed by atoms with Gasteiger partial charge in [-0.05, 0) is 25.5 Å². The molecule has 6 nitrogen and oxygen atoms in total. The summed E-state index contributed by atoms with van der Waals surface area (Å²) in [5, 5.41) is 4.29.